The highest BCUT2D eigenvalue weighted by molar-refractivity contribution is 5.91. The van der Waals surface area contributed by atoms with Gasteiger partial charge in [-0.15, -0.1) is 0 Å². The van der Waals surface area contributed by atoms with Crippen LogP contribution >= 0.6 is 0 Å². The van der Waals surface area contributed by atoms with Gasteiger partial charge >= 0.3 is 0 Å². The van der Waals surface area contributed by atoms with Gasteiger partial charge in [0.05, 0.1) is 11.7 Å². The first-order chi connectivity index (χ1) is 6.86. The molecule has 0 spiro atoms. The number of rotatable bonds is 3. The fraction of sp³-hybridized carbons (Fsp3) is 0.364. The first-order valence-electron chi connectivity index (χ1n) is 5.03. The maximum Gasteiger partial charge on any atom is 0.0671 e. The number of anilines is 1. The maximum atomic E-state index is 4.06. The molecule has 0 aliphatic carbocycles. The lowest BCUT2D eigenvalue weighted by atomic mass is 10.2. The van der Waals surface area contributed by atoms with E-state index in [1.165, 1.54) is 11.1 Å². The van der Waals surface area contributed by atoms with Crippen molar-refractivity contribution in [1.82, 2.24) is 10.2 Å². The normalized spacial score (nSPS) is 10.7. The zero-order valence-electron chi connectivity index (χ0n) is 8.62. The second kappa shape index (κ2) is 3.70. The molecule has 1 aromatic heterocycles. The summed E-state index contributed by atoms with van der Waals surface area (Å²) in [5.41, 5.74) is 2.37. The van der Waals surface area contributed by atoms with Crippen LogP contribution in [0.15, 0.2) is 24.4 Å². The predicted molar refractivity (Wildman–Crippen MR) is 59.7 cm³/mol. The monoisotopic (exact) mass is 189 g/mol. The zero-order valence-corrected chi connectivity index (χ0v) is 8.62. The standard InChI is InChI=1S/C11H15N3/c1-3-14(4-2)11-7-5-6-10-9(11)8-12-13-10/h5-8H,3-4H2,1-2H3,(H,12,13). The molecule has 0 bridgehead atoms. The van der Waals surface area contributed by atoms with E-state index in [9.17, 15) is 0 Å². The Hall–Kier alpha value is -1.51. The zero-order chi connectivity index (χ0) is 9.97. The number of aromatic nitrogens is 2. The Bertz CT molecular complexity index is 415. The first-order valence-corrected chi connectivity index (χ1v) is 5.03. The van der Waals surface area contributed by atoms with Crippen LogP contribution in [0.25, 0.3) is 10.9 Å². The summed E-state index contributed by atoms with van der Waals surface area (Å²) in [6, 6.07) is 6.26. The molecule has 0 saturated carbocycles. The molecule has 2 aromatic rings. The van der Waals surface area contributed by atoms with Crippen LogP contribution in [0.2, 0.25) is 0 Å². The van der Waals surface area contributed by atoms with Crippen molar-refractivity contribution < 1.29 is 0 Å². The molecular formula is C11H15N3. The van der Waals surface area contributed by atoms with Gasteiger partial charge in [-0.05, 0) is 26.0 Å². The Morgan fingerprint density at radius 3 is 2.79 bits per heavy atom. The van der Waals surface area contributed by atoms with Crippen LogP contribution in [0.3, 0.4) is 0 Å². The van der Waals surface area contributed by atoms with Crippen LogP contribution in [0.4, 0.5) is 5.69 Å². The van der Waals surface area contributed by atoms with Gasteiger partial charge in [0.25, 0.3) is 0 Å². The van der Waals surface area contributed by atoms with E-state index in [1.807, 2.05) is 6.20 Å². The average molecular weight is 189 g/mol. The van der Waals surface area contributed by atoms with Crippen molar-refractivity contribution in [2.45, 2.75) is 13.8 Å². The molecule has 0 radical (unpaired) electrons. The second-order valence-electron chi connectivity index (χ2n) is 3.28. The van der Waals surface area contributed by atoms with E-state index in [0.717, 1.165) is 18.6 Å². The third-order valence-electron chi connectivity index (χ3n) is 2.57. The third kappa shape index (κ3) is 1.35. The van der Waals surface area contributed by atoms with Crippen molar-refractivity contribution in [2.75, 3.05) is 18.0 Å². The fourth-order valence-electron chi connectivity index (χ4n) is 1.79. The fourth-order valence-corrected chi connectivity index (χ4v) is 1.79. The van der Waals surface area contributed by atoms with E-state index in [1.54, 1.807) is 0 Å². The molecule has 0 atom stereocenters. The topological polar surface area (TPSA) is 31.9 Å². The van der Waals surface area contributed by atoms with E-state index in [0.29, 0.717) is 0 Å². The lowest BCUT2D eigenvalue weighted by molar-refractivity contribution is 0.871. The Morgan fingerprint density at radius 1 is 1.29 bits per heavy atom. The number of hydrogen-bond acceptors (Lipinski definition) is 2. The molecule has 0 unspecified atom stereocenters. The summed E-state index contributed by atoms with van der Waals surface area (Å²) in [5.74, 6) is 0. The van der Waals surface area contributed by atoms with Crippen LogP contribution in [0.5, 0.6) is 0 Å². The molecule has 3 heteroatoms. The summed E-state index contributed by atoms with van der Waals surface area (Å²) in [5, 5.41) is 8.25. The van der Waals surface area contributed by atoms with Crippen molar-refractivity contribution in [3.63, 3.8) is 0 Å². The summed E-state index contributed by atoms with van der Waals surface area (Å²) in [4.78, 5) is 2.33. The summed E-state index contributed by atoms with van der Waals surface area (Å²) < 4.78 is 0. The molecule has 14 heavy (non-hydrogen) atoms. The number of aromatic amines is 1. The molecule has 1 N–H and O–H groups in total. The van der Waals surface area contributed by atoms with Crippen molar-refractivity contribution in [1.29, 1.82) is 0 Å². The summed E-state index contributed by atoms with van der Waals surface area (Å²) >= 11 is 0. The van der Waals surface area contributed by atoms with Crippen LogP contribution in [-0.2, 0) is 0 Å². The molecule has 0 saturated heterocycles. The number of hydrogen-bond donors (Lipinski definition) is 1. The van der Waals surface area contributed by atoms with Crippen LogP contribution in [-0.4, -0.2) is 23.3 Å². The third-order valence-corrected chi connectivity index (χ3v) is 2.57. The highest BCUT2D eigenvalue weighted by Gasteiger charge is 2.06. The molecule has 0 aliphatic heterocycles. The van der Waals surface area contributed by atoms with E-state index in [-0.39, 0.29) is 0 Å². The Labute approximate surface area is 83.7 Å². The quantitative estimate of drug-likeness (QED) is 0.804. The van der Waals surface area contributed by atoms with Gasteiger partial charge in [-0.25, -0.2) is 0 Å². The predicted octanol–water partition coefficient (Wildman–Crippen LogP) is 2.41. The number of H-pyrrole nitrogens is 1. The van der Waals surface area contributed by atoms with Crippen molar-refractivity contribution >= 4 is 16.6 Å². The Balaban J connectivity index is 2.54. The first kappa shape index (κ1) is 9.06. The van der Waals surface area contributed by atoms with Crippen molar-refractivity contribution in [2.24, 2.45) is 0 Å². The molecule has 0 aliphatic rings. The largest absolute Gasteiger partial charge is 0.371 e. The highest BCUT2D eigenvalue weighted by atomic mass is 15.1. The summed E-state index contributed by atoms with van der Waals surface area (Å²) in [6.45, 7) is 6.40. The van der Waals surface area contributed by atoms with Crippen molar-refractivity contribution in [3.8, 4) is 0 Å². The van der Waals surface area contributed by atoms with E-state index >= 15 is 0 Å². The SMILES string of the molecule is CCN(CC)c1cccc2[nH]ncc12. The second-order valence-corrected chi connectivity index (χ2v) is 3.28. The molecule has 1 heterocycles. The van der Waals surface area contributed by atoms with Gasteiger partial charge in [0, 0.05) is 24.2 Å². The van der Waals surface area contributed by atoms with E-state index in [4.69, 9.17) is 0 Å². The van der Waals surface area contributed by atoms with Gasteiger partial charge in [-0.1, -0.05) is 6.07 Å². The Morgan fingerprint density at radius 2 is 2.07 bits per heavy atom. The van der Waals surface area contributed by atoms with Crippen LogP contribution < -0.4 is 4.90 Å². The number of nitrogens with zero attached hydrogens (tertiary/aromatic N) is 2. The van der Waals surface area contributed by atoms with Gasteiger partial charge in [-0.3, -0.25) is 5.10 Å². The summed E-state index contributed by atoms with van der Waals surface area (Å²) in [7, 11) is 0. The number of nitrogens with one attached hydrogen (secondary N) is 1. The van der Waals surface area contributed by atoms with Crippen molar-refractivity contribution in [3.05, 3.63) is 24.4 Å². The maximum absolute atomic E-state index is 4.06. The minimum atomic E-state index is 1.03. The Kier molecular flexibility index (Phi) is 2.39. The van der Waals surface area contributed by atoms with Crippen LogP contribution in [0, 0.1) is 0 Å². The smallest absolute Gasteiger partial charge is 0.0671 e. The molecular weight excluding hydrogens is 174 g/mol. The van der Waals surface area contributed by atoms with E-state index < -0.39 is 0 Å². The highest BCUT2D eigenvalue weighted by Crippen LogP contribution is 2.24. The number of benzene rings is 1. The van der Waals surface area contributed by atoms with Gasteiger partial charge in [-0.2, -0.15) is 5.10 Å². The molecule has 74 valence electrons. The van der Waals surface area contributed by atoms with Gasteiger partial charge in [0.15, 0.2) is 0 Å². The van der Waals surface area contributed by atoms with Crippen LogP contribution in [0.1, 0.15) is 13.8 Å². The lowest BCUT2D eigenvalue weighted by Crippen LogP contribution is -2.21. The minimum Gasteiger partial charge on any atom is -0.371 e. The molecule has 1 aromatic carbocycles. The average Bonchev–Trinajstić information content (AvgIpc) is 2.68. The minimum absolute atomic E-state index is 1.03. The summed E-state index contributed by atoms with van der Waals surface area (Å²) in [6.07, 6.45) is 1.89. The molecule has 0 amide bonds. The van der Waals surface area contributed by atoms with Gasteiger partial charge < -0.3 is 4.90 Å². The van der Waals surface area contributed by atoms with E-state index in [2.05, 4.69) is 47.1 Å². The molecule has 3 nitrogen and oxygen atoms in total. The number of fused-ring (bicyclic) bond motifs is 1. The molecule has 0 fully saturated rings. The molecule has 2 rings (SSSR count). The lowest BCUT2D eigenvalue weighted by Gasteiger charge is -2.21. The van der Waals surface area contributed by atoms with Gasteiger partial charge in [0.1, 0.15) is 0 Å². The van der Waals surface area contributed by atoms with Gasteiger partial charge in [0.2, 0.25) is 0 Å².